The molecule has 0 spiro atoms. The first-order chi connectivity index (χ1) is 9.29. The van der Waals surface area contributed by atoms with Gasteiger partial charge in [0.2, 0.25) is 0 Å². The van der Waals surface area contributed by atoms with Crippen LogP contribution in [0, 0.1) is 17.7 Å². The fraction of sp³-hybridized carbons (Fsp3) is 0.462. The molecule has 0 aromatic heterocycles. The summed E-state index contributed by atoms with van der Waals surface area (Å²) in [6.45, 7) is 2.57. The Morgan fingerprint density at radius 2 is 2.15 bits per heavy atom. The number of benzene rings is 1. The molecule has 0 saturated heterocycles. The first-order valence-corrected chi connectivity index (χ1v) is 8.62. The predicted octanol–water partition coefficient (Wildman–Crippen LogP) is 2.53. The summed E-state index contributed by atoms with van der Waals surface area (Å²) >= 11 is 0. The van der Waals surface area contributed by atoms with Crippen LogP contribution in [0.5, 0.6) is 0 Å². The highest BCUT2D eigenvalue weighted by Gasteiger charge is 2.28. The molecule has 1 aromatic carbocycles. The van der Waals surface area contributed by atoms with Crippen molar-refractivity contribution in [1.82, 2.24) is 5.32 Å². The molecule has 1 saturated carbocycles. The molecule has 1 aromatic rings. The van der Waals surface area contributed by atoms with Crippen LogP contribution in [0.25, 0.3) is 0 Å². The smallest absolute Gasteiger partial charge is 0.264 e. The Morgan fingerprint density at radius 3 is 2.70 bits per heavy atom. The van der Waals surface area contributed by atoms with E-state index in [4.69, 9.17) is 10.7 Å². The van der Waals surface area contributed by atoms with Crippen LogP contribution >= 0.6 is 10.7 Å². The van der Waals surface area contributed by atoms with Crippen LogP contribution in [0.15, 0.2) is 23.1 Å². The van der Waals surface area contributed by atoms with Crippen molar-refractivity contribution in [2.75, 3.05) is 6.54 Å². The van der Waals surface area contributed by atoms with Gasteiger partial charge in [-0.1, -0.05) is 6.92 Å². The number of nitrogens with one attached hydrogen (secondary N) is 1. The molecule has 0 bridgehead atoms. The second-order valence-corrected chi connectivity index (χ2v) is 7.64. The van der Waals surface area contributed by atoms with Crippen molar-refractivity contribution in [3.63, 3.8) is 0 Å². The average molecular weight is 320 g/mol. The number of hydrogen-bond donors (Lipinski definition) is 1. The number of halogens is 2. The molecule has 0 aliphatic heterocycles. The minimum Gasteiger partial charge on any atom is -0.352 e. The molecule has 2 rings (SSSR count). The van der Waals surface area contributed by atoms with E-state index in [1.54, 1.807) is 0 Å². The van der Waals surface area contributed by atoms with E-state index in [0.717, 1.165) is 12.1 Å². The maximum Gasteiger partial charge on any atom is 0.264 e. The first-order valence-electron chi connectivity index (χ1n) is 6.31. The highest BCUT2D eigenvalue weighted by atomic mass is 35.7. The summed E-state index contributed by atoms with van der Waals surface area (Å²) in [7, 11) is 0.911. The van der Waals surface area contributed by atoms with E-state index in [2.05, 4.69) is 12.2 Å². The lowest BCUT2D eigenvalue weighted by Gasteiger charge is -2.11. The Morgan fingerprint density at radius 1 is 1.50 bits per heavy atom. The van der Waals surface area contributed by atoms with Crippen molar-refractivity contribution in [3.05, 3.63) is 29.6 Å². The molecule has 1 atom stereocenters. The van der Waals surface area contributed by atoms with Crippen LogP contribution < -0.4 is 5.32 Å². The molecule has 7 heteroatoms. The van der Waals surface area contributed by atoms with E-state index in [-0.39, 0.29) is 5.56 Å². The van der Waals surface area contributed by atoms with Crippen LogP contribution in [0.2, 0.25) is 0 Å². The summed E-state index contributed by atoms with van der Waals surface area (Å²) < 4.78 is 35.7. The zero-order chi connectivity index (χ0) is 14.9. The molecule has 0 heterocycles. The van der Waals surface area contributed by atoms with Crippen molar-refractivity contribution >= 4 is 25.6 Å². The van der Waals surface area contributed by atoms with Gasteiger partial charge in [-0.15, -0.1) is 0 Å². The summed E-state index contributed by atoms with van der Waals surface area (Å²) in [6.07, 6.45) is 2.37. The summed E-state index contributed by atoms with van der Waals surface area (Å²) in [6, 6.07) is 3.11. The Kier molecular flexibility index (Phi) is 4.34. The zero-order valence-electron chi connectivity index (χ0n) is 10.9. The van der Waals surface area contributed by atoms with Gasteiger partial charge in [0.15, 0.2) is 0 Å². The summed E-state index contributed by atoms with van der Waals surface area (Å²) in [5.74, 6) is -0.361. The second-order valence-electron chi connectivity index (χ2n) is 5.11. The van der Waals surface area contributed by atoms with E-state index in [0.29, 0.717) is 18.4 Å². The summed E-state index contributed by atoms with van der Waals surface area (Å²) in [5, 5.41) is 2.72. The molecule has 1 aliphatic rings. The highest BCUT2D eigenvalue weighted by molar-refractivity contribution is 8.13. The molecule has 1 fully saturated rings. The van der Waals surface area contributed by atoms with Gasteiger partial charge in [0.05, 0.1) is 0 Å². The maximum absolute atomic E-state index is 13.4. The fourth-order valence-corrected chi connectivity index (χ4v) is 2.94. The van der Waals surface area contributed by atoms with Gasteiger partial charge >= 0.3 is 0 Å². The largest absolute Gasteiger partial charge is 0.352 e. The van der Waals surface area contributed by atoms with Crippen LogP contribution in [0.1, 0.15) is 30.1 Å². The molecule has 20 heavy (non-hydrogen) atoms. The summed E-state index contributed by atoms with van der Waals surface area (Å²) in [5.41, 5.74) is 0.0774. The van der Waals surface area contributed by atoms with Gasteiger partial charge in [-0.25, -0.2) is 12.8 Å². The third-order valence-corrected chi connectivity index (χ3v) is 4.80. The number of rotatable bonds is 5. The number of carbonyl (C=O) groups excluding carboxylic acids is 1. The second kappa shape index (κ2) is 5.69. The number of carbonyl (C=O) groups is 1. The van der Waals surface area contributed by atoms with Crippen molar-refractivity contribution in [2.45, 2.75) is 24.7 Å². The summed E-state index contributed by atoms with van der Waals surface area (Å²) in [4.78, 5) is 11.2. The molecular weight excluding hydrogens is 305 g/mol. The van der Waals surface area contributed by atoms with E-state index in [1.165, 1.54) is 18.9 Å². The molecule has 1 N–H and O–H groups in total. The highest BCUT2D eigenvalue weighted by Crippen LogP contribution is 2.36. The van der Waals surface area contributed by atoms with Gasteiger partial charge in [-0.3, -0.25) is 4.79 Å². The van der Waals surface area contributed by atoms with Crippen LogP contribution in [0.4, 0.5) is 4.39 Å². The van der Waals surface area contributed by atoms with Crippen molar-refractivity contribution < 1.29 is 17.6 Å². The number of amides is 1. The Labute approximate surface area is 121 Å². The van der Waals surface area contributed by atoms with Gasteiger partial charge in [0.1, 0.15) is 10.7 Å². The lowest BCUT2D eigenvalue weighted by atomic mass is 10.1. The van der Waals surface area contributed by atoms with Gasteiger partial charge in [0, 0.05) is 22.8 Å². The first kappa shape index (κ1) is 15.3. The molecule has 1 aliphatic carbocycles. The predicted molar refractivity (Wildman–Crippen MR) is 73.7 cm³/mol. The van der Waals surface area contributed by atoms with Crippen LogP contribution in [0.3, 0.4) is 0 Å². The molecule has 1 unspecified atom stereocenters. The molecule has 1 amide bonds. The van der Waals surface area contributed by atoms with Gasteiger partial charge in [-0.2, -0.15) is 0 Å². The molecule has 110 valence electrons. The Hall–Kier alpha value is -1.14. The van der Waals surface area contributed by atoms with Gasteiger partial charge < -0.3 is 5.32 Å². The van der Waals surface area contributed by atoms with E-state index < -0.39 is 25.7 Å². The minimum atomic E-state index is -4.21. The van der Waals surface area contributed by atoms with Crippen LogP contribution in [-0.4, -0.2) is 20.9 Å². The standard InChI is InChI=1S/C13H15ClFNO3S/c1-8(9-2-3-9)7-16-13(17)10-4-5-11(15)12(6-10)20(14,18)19/h4-6,8-9H,2-3,7H2,1H3,(H,16,17). The van der Waals surface area contributed by atoms with E-state index in [9.17, 15) is 17.6 Å². The molecule has 4 nitrogen and oxygen atoms in total. The lowest BCUT2D eigenvalue weighted by molar-refractivity contribution is 0.0946. The van der Waals surface area contributed by atoms with Crippen molar-refractivity contribution in [2.24, 2.45) is 11.8 Å². The molecule has 0 radical (unpaired) electrons. The monoisotopic (exact) mass is 319 g/mol. The van der Waals surface area contributed by atoms with Crippen LogP contribution in [-0.2, 0) is 9.05 Å². The third-order valence-electron chi connectivity index (χ3n) is 3.47. The topological polar surface area (TPSA) is 63.2 Å². The Balaban J connectivity index is 2.10. The molecular formula is C13H15ClFNO3S. The normalized spacial score (nSPS) is 16.8. The Bertz CT molecular complexity index is 629. The SMILES string of the molecule is CC(CNC(=O)c1ccc(F)c(S(=O)(=O)Cl)c1)C1CC1. The third kappa shape index (κ3) is 3.70. The van der Waals surface area contributed by atoms with E-state index in [1.807, 2.05) is 0 Å². The fourth-order valence-electron chi connectivity index (χ4n) is 2.02. The lowest BCUT2D eigenvalue weighted by Crippen LogP contribution is -2.29. The zero-order valence-corrected chi connectivity index (χ0v) is 12.5. The van der Waals surface area contributed by atoms with Crippen molar-refractivity contribution in [1.29, 1.82) is 0 Å². The number of hydrogen-bond acceptors (Lipinski definition) is 3. The van der Waals surface area contributed by atoms with Crippen molar-refractivity contribution in [3.8, 4) is 0 Å². The quantitative estimate of drug-likeness (QED) is 0.848. The maximum atomic E-state index is 13.4. The van der Waals surface area contributed by atoms with E-state index >= 15 is 0 Å². The minimum absolute atomic E-state index is 0.0774. The van der Waals surface area contributed by atoms with Gasteiger partial charge in [-0.05, 0) is 42.9 Å². The average Bonchev–Trinajstić information content (AvgIpc) is 3.18. The van der Waals surface area contributed by atoms with Gasteiger partial charge in [0.25, 0.3) is 15.0 Å².